The van der Waals surface area contributed by atoms with Crippen LogP contribution in [0, 0.1) is 6.92 Å². The molecule has 0 aromatic carbocycles. The molecule has 0 saturated carbocycles. The van der Waals surface area contributed by atoms with E-state index >= 15 is 0 Å². The first-order valence-electron chi connectivity index (χ1n) is 10.4. The Bertz CT molecular complexity index is 1180. The van der Waals surface area contributed by atoms with Gasteiger partial charge in [0.05, 0.1) is 29.4 Å². The highest BCUT2D eigenvalue weighted by Gasteiger charge is 2.27. The molecule has 0 fully saturated rings. The highest BCUT2D eigenvalue weighted by atomic mass is 32.2. The van der Waals surface area contributed by atoms with E-state index < -0.39 is 11.9 Å². The molecule has 34 heavy (non-hydrogen) atoms. The summed E-state index contributed by atoms with van der Waals surface area (Å²) in [6, 6.07) is 3.88. The van der Waals surface area contributed by atoms with Crippen molar-refractivity contribution in [2.45, 2.75) is 32.5 Å². The summed E-state index contributed by atoms with van der Waals surface area (Å²) in [7, 11) is 0. The molecule has 0 aliphatic carbocycles. The molecule has 0 aliphatic rings. The van der Waals surface area contributed by atoms with E-state index in [0.717, 1.165) is 16.2 Å². The van der Waals surface area contributed by atoms with Crippen LogP contribution in [0.25, 0.3) is 10.7 Å². The molecule has 12 heteroatoms. The normalized spacial score (nSPS) is 10.7. The number of amides is 1. The average Bonchev–Trinajstić information content (AvgIpc) is 3.52. The number of carbonyl (C=O) groups is 3. The lowest BCUT2D eigenvalue weighted by atomic mass is 10.1. The van der Waals surface area contributed by atoms with Crippen molar-refractivity contribution in [2.24, 2.45) is 0 Å². The number of rotatable bonds is 11. The molecule has 180 valence electrons. The van der Waals surface area contributed by atoms with Crippen LogP contribution in [-0.4, -0.2) is 51.6 Å². The van der Waals surface area contributed by atoms with Gasteiger partial charge in [-0.3, -0.25) is 9.36 Å². The number of hydrogen-bond donors (Lipinski definition) is 1. The maximum Gasteiger partial charge on any atom is 0.348 e. The van der Waals surface area contributed by atoms with Crippen molar-refractivity contribution in [3.05, 3.63) is 46.2 Å². The Balaban J connectivity index is 1.78. The molecule has 0 unspecified atom stereocenters. The maximum absolute atomic E-state index is 12.8. The van der Waals surface area contributed by atoms with Crippen LogP contribution >= 0.6 is 34.4 Å². The second kappa shape index (κ2) is 12.0. The Morgan fingerprint density at radius 3 is 2.59 bits per heavy atom. The molecule has 0 aliphatic heterocycles. The van der Waals surface area contributed by atoms with Gasteiger partial charge in [-0.15, -0.1) is 39.4 Å². The zero-order chi connectivity index (χ0) is 24.7. The van der Waals surface area contributed by atoms with Crippen molar-refractivity contribution in [2.75, 3.05) is 24.3 Å². The third-order valence-electron chi connectivity index (χ3n) is 4.44. The van der Waals surface area contributed by atoms with Crippen molar-refractivity contribution in [3.63, 3.8) is 0 Å². The van der Waals surface area contributed by atoms with Crippen LogP contribution in [0.1, 0.15) is 39.4 Å². The number of aromatic nitrogens is 3. The van der Waals surface area contributed by atoms with Crippen LogP contribution in [0.15, 0.2) is 35.3 Å². The fraction of sp³-hybridized carbons (Fsp3) is 0.318. The Morgan fingerprint density at radius 1 is 1.21 bits per heavy atom. The van der Waals surface area contributed by atoms with Gasteiger partial charge in [0.25, 0.3) is 0 Å². The monoisotopic (exact) mass is 520 g/mol. The molecule has 3 aromatic rings. The highest BCUT2D eigenvalue weighted by Crippen LogP contribution is 2.35. The van der Waals surface area contributed by atoms with E-state index in [2.05, 4.69) is 22.1 Å². The van der Waals surface area contributed by atoms with Crippen molar-refractivity contribution < 1.29 is 23.9 Å². The number of thioether (sulfide) groups is 1. The van der Waals surface area contributed by atoms with Crippen LogP contribution < -0.4 is 5.32 Å². The van der Waals surface area contributed by atoms with E-state index in [1.165, 1.54) is 11.8 Å². The molecular weight excluding hydrogens is 496 g/mol. The van der Waals surface area contributed by atoms with Crippen molar-refractivity contribution >= 4 is 57.3 Å². The van der Waals surface area contributed by atoms with Gasteiger partial charge in [0, 0.05) is 6.54 Å². The summed E-state index contributed by atoms with van der Waals surface area (Å²) in [5.74, 6) is -0.799. The fourth-order valence-electron chi connectivity index (χ4n) is 3.01. The van der Waals surface area contributed by atoms with E-state index in [-0.39, 0.29) is 40.3 Å². The summed E-state index contributed by atoms with van der Waals surface area (Å²) in [4.78, 5) is 38.8. The molecule has 0 radical (unpaired) electrons. The first-order chi connectivity index (χ1) is 16.4. The van der Waals surface area contributed by atoms with Gasteiger partial charge < -0.3 is 14.8 Å². The summed E-state index contributed by atoms with van der Waals surface area (Å²) in [5, 5.41) is 14.0. The number of anilines is 1. The summed E-state index contributed by atoms with van der Waals surface area (Å²) in [6.07, 6.45) is 1.74. The number of hydrogen-bond acceptors (Lipinski definition) is 10. The number of allylic oxidation sites excluding steroid dienone is 1. The van der Waals surface area contributed by atoms with Crippen LogP contribution in [0.4, 0.5) is 5.00 Å². The van der Waals surface area contributed by atoms with Gasteiger partial charge >= 0.3 is 11.9 Å². The number of thiophene rings is 2. The topological polar surface area (TPSA) is 112 Å². The molecule has 0 atom stereocenters. The smallest absolute Gasteiger partial charge is 0.348 e. The van der Waals surface area contributed by atoms with Gasteiger partial charge in [0.15, 0.2) is 11.0 Å². The maximum atomic E-state index is 12.8. The van der Waals surface area contributed by atoms with Gasteiger partial charge in [-0.1, -0.05) is 23.9 Å². The molecule has 0 saturated heterocycles. The van der Waals surface area contributed by atoms with Crippen LogP contribution in [0.3, 0.4) is 0 Å². The molecule has 0 spiro atoms. The van der Waals surface area contributed by atoms with E-state index in [0.29, 0.717) is 23.1 Å². The SMILES string of the molecule is C=CCn1c(SCC(=O)Nc2sc(C(=O)OCC)c(C)c2C(=O)OCC)nnc1-c1cccs1. The quantitative estimate of drug-likeness (QED) is 0.221. The first kappa shape index (κ1) is 25.7. The zero-order valence-corrected chi connectivity index (χ0v) is 21.4. The minimum atomic E-state index is -0.610. The van der Waals surface area contributed by atoms with Gasteiger partial charge in [-0.25, -0.2) is 9.59 Å². The lowest BCUT2D eigenvalue weighted by molar-refractivity contribution is -0.113. The highest BCUT2D eigenvalue weighted by molar-refractivity contribution is 7.99. The minimum absolute atomic E-state index is 0.0215. The third kappa shape index (κ3) is 5.75. The molecule has 3 heterocycles. The Kier molecular flexibility index (Phi) is 9.02. The predicted molar refractivity (Wildman–Crippen MR) is 134 cm³/mol. The molecular formula is C22H24N4O5S3. The number of ether oxygens (including phenoxy) is 2. The summed E-state index contributed by atoms with van der Waals surface area (Å²) < 4.78 is 12.1. The molecule has 0 bridgehead atoms. The van der Waals surface area contributed by atoms with E-state index in [1.54, 1.807) is 38.2 Å². The zero-order valence-electron chi connectivity index (χ0n) is 19.0. The lowest BCUT2D eigenvalue weighted by Crippen LogP contribution is -2.17. The van der Waals surface area contributed by atoms with Gasteiger partial charge in [0.1, 0.15) is 9.88 Å². The summed E-state index contributed by atoms with van der Waals surface area (Å²) in [5.41, 5.74) is 0.569. The molecule has 3 aromatic heterocycles. The second-order valence-corrected chi connectivity index (χ2v) is 9.63. The molecule has 3 rings (SSSR count). The van der Waals surface area contributed by atoms with E-state index in [1.807, 2.05) is 22.1 Å². The second-order valence-electron chi connectivity index (χ2n) is 6.72. The van der Waals surface area contributed by atoms with E-state index in [9.17, 15) is 14.4 Å². The fourth-order valence-corrected chi connectivity index (χ4v) is 5.58. The number of esters is 2. The van der Waals surface area contributed by atoms with Crippen LogP contribution in [-0.2, 0) is 20.8 Å². The first-order valence-corrected chi connectivity index (χ1v) is 13.1. The van der Waals surface area contributed by atoms with E-state index in [4.69, 9.17) is 9.47 Å². The van der Waals surface area contributed by atoms with Crippen molar-refractivity contribution in [1.82, 2.24) is 14.8 Å². The minimum Gasteiger partial charge on any atom is -0.462 e. The van der Waals surface area contributed by atoms with Crippen LogP contribution in [0.2, 0.25) is 0 Å². The van der Waals surface area contributed by atoms with Gasteiger partial charge in [-0.2, -0.15) is 0 Å². The number of carbonyl (C=O) groups excluding carboxylic acids is 3. The molecule has 1 amide bonds. The van der Waals surface area contributed by atoms with Crippen LogP contribution in [0.5, 0.6) is 0 Å². The average molecular weight is 521 g/mol. The van der Waals surface area contributed by atoms with Crippen molar-refractivity contribution in [1.29, 1.82) is 0 Å². The van der Waals surface area contributed by atoms with Crippen molar-refractivity contribution in [3.8, 4) is 10.7 Å². The molecule has 1 N–H and O–H groups in total. The largest absolute Gasteiger partial charge is 0.462 e. The number of nitrogens with one attached hydrogen (secondary N) is 1. The number of nitrogens with zero attached hydrogens (tertiary/aromatic N) is 3. The summed E-state index contributed by atoms with van der Waals surface area (Å²) >= 11 is 3.75. The molecule has 9 nitrogen and oxygen atoms in total. The summed E-state index contributed by atoms with van der Waals surface area (Å²) in [6.45, 7) is 9.65. The lowest BCUT2D eigenvalue weighted by Gasteiger charge is -2.08. The Hall–Kier alpha value is -2.96. The Morgan fingerprint density at radius 2 is 1.94 bits per heavy atom. The third-order valence-corrected chi connectivity index (χ3v) is 7.46. The van der Waals surface area contributed by atoms with Gasteiger partial charge in [0.2, 0.25) is 5.91 Å². The predicted octanol–water partition coefficient (Wildman–Crippen LogP) is 4.65. The standard InChI is InChI=1S/C22H24N4O5S3/c1-5-10-26-18(14-9-8-11-32-14)24-25-22(26)33-12-15(27)23-19-16(20(28)30-6-2)13(4)17(34-19)21(29)31-7-3/h5,8-9,11H,1,6-7,10,12H2,2-4H3,(H,23,27). The van der Waals surface area contributed by atoms with Gasteiger partial charge in [-0.05, 0) is 37.8 Å². The Labute approximate surface area is 209 Å².